The molecule has 1 aromatic carbocycles. The summed E-state index contributed by atoms with van der Waals surface area (Å²) in [5.74, 6) is 0.413. The van der Waals surface area contributed by atoms with Crippen molar-refractivity contribution in [3.05, 3.63) is 52.3 Å². The van der Waals surface area contributed by atoms with Gasteiger partial charge in [-0.3, -0.25) is 4.79 Å². The van der Waals surface area contributed by atoms with Gasteiger partial charge in [-0.25, -0.2) is 0 Å². The van der Waals surface area contributed by atoms with Crippen molar-refractivity contribution in [2.45, 2.75) is 6.54 Å². The summed E-state index contributed by atoms with van der Waals surface area (Å²) in [4.78, 5) is 12.1. The highest BCUT2D eigenvalue weighted by Crippen LogP contribution is 2.22. The molecule has 0 saturated heterocycles. The summed E-state index contributed by atoms with van der Waals surface area (Å²) in [6.07, 6.45) is 3.92. The summed E-state index contributed by atoms with van der Waals surface area (Å²) >= 11 is 3.35. The van der Waals surface area contributed by atoms with Crippen molar-refractivity contribution in [1.82, 2.24) is 9.88 Å². The molecule has 19 heavy (non-hydrogen) atoms. The Balaban J connectivity index is 2.09. The molecule has 0 radical (unpaired) electrons. The molecule has 1 heterocycles. The fraction of sp³-hybridized carbons (Fsp3) is 0.214. The number of rotatable bonds is 4. The van der Waals surface area contributed by atoms with E-state index >= 15 is 0 Å². The lowest BCUT2D eigenvalue weighted by atomic mass is 10.2. The first kappa shape index (κ1) is 13.7. The van der Waals surface area contributed by atoms with Crippen molar-refractivity contribution in [3.8, 4) is 5.75 Å². The van der Waals surface area contributed by atoms with Crippen LogP contribution < -0.4 is 10.1 Å². The minimum atomic E-state index is -0.151. The lowest BCUT2D eigenvalue weighted by Crippen LogP contribution is -2.23. The smallest absolute Gasteiger partial charge is 0.255 e. The lowest BCUT2D eigenvalue weighted by molar-refractivity contribution is 0.0948. The second-order valence-corrected chi connectivity index (χ2v) is 5.13. The molecule has 0 aliphatic carbocycles. The largest absolute Gasteiger partial charge is 0.496 e. The van der Waals surface area contributed by atoms with Crippen molar-refractivity contribution >= 4 is 21.8 Å². The summed E-state index contributed by atoms with van der Waals surface area (Å²) in [6.45, 7) is 0.495. The number of carbonyl (C=O) groups is 1. The highest BCUT2D eigenvalue weighted by atomic mass is 79.9. The Hall–Kier alpha value is -1.75. The van der Waals surface area contributed by atoms with E-state index in [-0.39, 0.29) is 5.91 Å². The topological polar surface area (TPSA) is 43.3 Å². The molecule has 0 unspecified atom stereocenters. The third kappa shape index (κ3) is 3.38. The normalized spacial score (nSPS) is 10.3. The van der Waals surface area contributed by atoms with Crippen molar-refractivity contribution in [1.29, 1.82) is 0 Å². The summed E-state index contributed by atoms with van der Waals surface area (Å²) in [6, 6.07) is 7.33. The number of nitrogens with zero attached hydrogens (tertiary/aromatic N) is 1. The van der Waals surface area contributed by atoms with E-state index in [2.05, 4.69) is 21.2 Å². The molecular weight excluding hydrogens is 308 g/mol. The number of nitrogens with one attached hydrogen (secondary N) is 1. The van der Waals surface area contributed by atoms with Crippen LogP contribution in [-0.2, 0) is 13.6 Å². The summed E-state index contributed by atoms with van der Waals surface area (Å²) in [5, 5.41) is 2.88. The fourth-order valence-electron chi connectivity index (χ4n) is 1.80. The van der Waals surface area contributed by atoms with Gasteiger partial charge in [-0.15, -0.1) is 0 Å². The van der Waals surface area contributed by atoms with Crippen LogP contribution in [-0.4, -0.2) is 17.6 Å². The molecule has 0 aliphatic heterocycles. The Morgan fingerprint density at radius 1 is 1.42 bits per heavy atom. The van der Waals surface area contributed by atoms with Crippen LogP contribution in [0.3, 0.4) is 0 Å². The van der Waals surface area contributed by atoms with E-state index in [1.165, 1.54) is 0 Å². The standard InChI is InChI=1S/C14H15BrN2O2/c1-17-6-5-10(9-17)8-16-14(18)12-7-11(15)3-4-13(12)19-2/h3-7,9H,8H2,1-2H3,(H,16,18). The molecular formula is C14H15BrN2O2. The first-order chi connectivity index (χ1) is 9.10. The van der Waals surface area contributed by atoms with Gasteiger partial charge >= 0.3 is 0 Å². The van der Waals surface area contributed by atoms with Gasteiger partial charge in [-0.2, -0.15) is 0 Å². The molecule has 1 aromatic heterocycles. The van der Waals surface area contributed by atoms with Crippen molar-refractivity contribution in [3.63, 3.8) is 0 Å². The lowest BCUT2D eigenvalue weighted by Gasteiger charge is -2.09. The van der Waals surface area contributed by atoms with Gasteiger partial charge in [0.25, 0.3) is 5.91 Å². The summed E-state index contributed by atoms with van der Waals surface area (Å²) < 4.78 is 7.98. The number of amides is 1. The molecule has 2 aromatic rings. The molecule has 0 atom stereocenters. The fourth-order valence-corrected chi connectivity index (χ4v) is 2.16. The van der Waals surface area contributed by atoms with Crippen molar-refractivity contribution in [2.75, 3.05) is 7.11 Å². The molecule has 0 fully saturated rings. The van der Waals surface area contributed by atoms with Gasteiger partial charge in [0.05, 0.1) is 12.7 Å². The van der Waals surface area contributed by atoms with E-state index in [0.29, 0.717) is 17.9 Å². The maximum absolute atomic E-state index is 12.1. The van der Waals surface area contributed by atoms with Crippen LogP contribution in [0.5, 0.6) is 5.75 Å². The molecule has 2 rings (SSSR count). The zero-order chi connectivity index (χ0) is 13.8. The van der Waals surface area contributed by atoms with Crippen LogP contribution in [0.2, 0.25) is 0 Å². The van der Waals surface area contributed by atoms with Gasteiger partial charge in [0.2, 0.25) is 0 Å². The zero-order valence-electron chi connectivity index (χ0n) is 10.8. The molecule has 1 amide bonds. The number of halogens is 1. The number of hydrogen-bond acceptors (Lipinski definition) is 2. The molecule has 5 heteroatoms. The number of carbonyl (C=O) groups excluding carboxylic acids is 1. The predicted molar refractivity (Wildman–Crippen MR) is 77.3 cm³/mol. The Labute approximate surface area is 120 Å². The number of aromatic nitrogens is 1. The molecule has 100 valence electrons. The average Bonchev–Trinajstić information content (AvgIpc) is 2.81. The zero-order valence-corrected chi connectivity index (χ0v) is 12.4. The van der Waals surface area contributed by atoms with Crippen LogP contribution in [0.15, 0.2) is 41.1 Å². The summed E-state index contributed by atoms with van der Waals surface area (Å²) in [7, 11) is 3.50. The first-order valence-corrected chi connectivity index (χ1v) is 6.62. The number of ether oxygens (including phenoxy) is 1. The molecule has 0 aliphatic rings. The number of hydrogen-bond donors (Lipinski definition) is 1. The molecule has 0 bridgehead atoms. The van der Waals surface area contributed by atoms with Gasteiger partial charge in [0.1, 0.15) is 5.75 Å². The van der Waals surface area contributed by atoms with Gasteiger partial charge < -0.3 is 14.6 Å². The van der Waals surface area contributed by atoms with E-state index in [4.69, 9.17) is 4.74 Å². The molecule has 4 nitrogen and oxygen atoms in total. The van der Waals surface area contributed by atoms with Gasteiger partial charge in [-0.05, 0) is 29.8 Å². The van der Waals surface area contributed by atoms with Gasteiger partial charge in [0.15, 0.2) is 0 Å². The van der Waals surface area contributed by atoms with E-state index in [0.717, 1.165) is 10.0 Å². The van der Waals surface area contributed by atoms with Crippen LogP contribution >= 0.6 is 15.9 Å². The highest BCUT2D eigenvalue weighted by molar-refractivity contribution is 9.10. The second-order valence-electron chi connectivity index (χ2n) is 4.21. The molecule has 0 spiro atoms. The third-order valence-electron chi connectivity index (χ3n) is 2.75. The van der Waals surface area contributed by atoms with Gasteiger partial charge in [-0.1, -0.05) is 15.9 Å². The van der Waals surface area contributed by atoms with Crippen LogP contribution in [0.4, 0.5) is 0 Å². The Bertz CT molecular complexity index is 593. The SMILES string of the molecule is COc1ccc(Br)cc1C(=O)NCc1ccn(C)c1. The third-order valence-corrected chi connectivity index (χ3v) is 3.25. The summed E-state index contributed by atoms with van der Waals surface area (Å²) in [5.41, 5.74) is 1.58. The van der Waals surface area contributed by atoms with Crippen LogP contribution in [0, 0.1) is 0 Å². The molecule has 1 N–H and O–H groups in total. The monoisotopic (exact) mass is 322 g/mol. The minimum absolute atomic E-state index is 0.151. The maximum atomic E-state index is 12.1. The minimum Gasteiger partial charge on any atom is -0.496 e. The van der Waals surface area contributed by atoms with E-state index in [1.807, 2.05) is 36.1 Å². The van der Waals surface area contributed by atoms with Crippen LogP contribution in [0.1, 0.15) is 15.9 Å². The number of aryl methyl sites for hydroxylation is 1. The van der Waals surface area contributed by atoms with E-state index < -0.39 is 0 Å². The first-order valence-electron chi connectivity index (χ1n) is 5.82. The Morgan fingerprint density at radius 3 is 2.84 bits per heavy atom. The average molecular weight is 323 g/mol. The molecule has 0 saturated carbocycles. The van der Waals surface area contributed by atoms with Crippen molar-refractivity contribution in [2.24, 2.45) is 7.05 Å². The maximum Gasteiger partial charge on any atom is 0.255 e. The Kier molecular flexibility index (Phi) is 4.27. The van der Waals surface area contributed by atoms with Crippen LogP contribution in [0.25, 0.3) is 0 Å². The van der Waals surface area contributed by atoms with Crippen molar-refractivity contribution < 1.29 is 9.53 Å². The van der Waals surface area contributed by atoms with E-state index in [1.54, 1.807) is 19.2 Å². The number of methoxy groups -OCH3 is 1. The van der Waals surface area contributed by atoms with E-state index in [9.17, 15) is 4.79 Å². The second kappa shape index (κ2) is 5.93. The highest BCUT2D eigenvalue weighted by Gasteiger charge is 2.12. The van der Waals surface area contributed by atoms with Gasteiger partial charge in [0, 0.05) is 30.5 Å². The predicted octanol–water partition coefficient (Wildman–Crippen LogP) is 2.73. The quantitative estimate of drug-likeness (QED) is 0.940. The number of benzene rings is 1. The Morgan fingerprint density at radius 2 is 2.21 bits per heavy atom.